The third kappa shape index (κ3) is 9.31. The van der Waals surface area contributed by atoms with E-state index in [1.54, 1.807) is 23.1 Å². The number of benzene rings is 4. The maximum Gasteiger partial charge on any atom is 0.323 e. The van der Waals surface area contributed by atoms with Crippen molar-refractivity contribution in [1.29, 1.82) is 0 Å². The van der Waals surface area contributed by atoms with E-state index >= 15 is 0 Å². The summed E-state index contributed by atoms with van der Waals surface area (Å²) in [6, 6.07) is 27.5. The van der Waals surface area contributed by atoms with Crippen LogP contribution in [0.25, 0.3) is 0 Å². The Labute approximate surface area is 274 Å². The molecule has 47 heavy (non-hydrogen) atoms. The van der Waals surface area contributed by atoms with E-state index < -0.39 is 11.8 Å². The van der Waals surface area contributed by atoms with Gasteiger partial charge >= 0.3 is 6.03 Å². The number of halogens is 1. The molecular weight excluding hydrogens is 599 g/mol. The van der Waals surface area contributed by atoms with E-state index in [2.05, 4.69) is 22.5 Å². The third-order valence-electron chi connectivity index (χ3n) is 8.12. The predicted octanol–water partition coefficient (Wildman–Crippen LogP) is 6.54. The fourth-order valence-electron chi connectivity index (χ4n) is 5.52. The number of hydrogen-bond donors (Lipinski definition) is 3. The normalized spacial score (nSPS) is 17.1. The van der Waals surface area contributed by atoms with Gasteiger partial charge in [-0.3, -0.25) is 9.69 Å². The molecule has 1 aliphatic rings. The van der Waals surface area contributed by atoms with Crippen LogP contribution in [-0.4, -0.2) is 65.7 Å². The molecule has 1 heterocycles. The number of carbonyl (C=O) groups excluding carboxylic acids is 2. The van der Waals surface area contributed by atoms with Crippen LogP contribution in [-0.2, 0) is 17.8 Å². The summed E-state index contributed by atoms with van der Waals surface area (Å²) in [7, 11) is 2.03. The van der Waals surface area contributed by atoms with Crippen molar-refractivity contribution in [3.63, 3.8) is 0 Å². The van der Waals surface area contributed by atoms with Gasteiger partial charge < -0.3 is 30.1 Å². The SMILES string of the molecule is C[C@H](CO)N1C[C@H](C)[C@@H](CN(C)Cc2ccc(Oc3ccccc3)cc2)Oc2ccc(NC(=O)Nc3ccc(F)cc3)cc2CC1=O. The fourth-order valence-corrected chi connectivity index (χ4v) is 5.52. The number of nitrogens with one attached hydrogen (secondary N) is 2. The number of ether oxygens (including phenoxy) is 2. The molecule has 0 fully saturated rings. The van der Waals surface area contributed by atoms with Crippen molar-refractivity contribution in [3.8, 4) is 17.2 Å². The Bertz CT molecular complexity index is 1640. The summed E-state index contributed by atoms with van der Waals surface area (Å²) in [4.78, 5) is 30.1. The number of fused-ring (bicyclic) bond motifs is 1. The highest BCUT2D eigenvalue weighted by Crippen LogP contribution is 2.30. The summed E-state index contributed by atoms with van der Waals surface area (Å²) in [5.41, 5.74) is 2.66. The smallest absolute Gasteiger partial charge is 0.323 e. The van der Waals surface area contributed by atoms with Gasteiger partial charge in [0.1, 0.15) is 29.2 Å². The van der Waals surface area contributed by atoms with E-state index in [4.69, 9.17) is 9.47 Å². The van der Waals surface area contributed by atoms with Crippen LogP contribution in [0.15, 0.2) is 97.1 Å². The van der Waals surface area contributed by atoms with E-state index in [0.29, 0.717) is 42.3 Å². The molecule has 0 saturated heterocycles. The van der Waals surface area contributed by atoms with Crippen LogP contribution in [0.4, 0.5) is 20.6 Å². The molecule has 3 N–H and O–H groups in total. The highest BCUT2D eigenvalue weighted by atomic mass is 19.1. The van der Waals surface area contributed by atoms with Crippen molar-refractivity contribution >= 4 is 23.3 Å². The zero-order valence-corrected chi connectivity index (χ0v) is 26.9. The van der Waals surface area contributed by atoms with Crippen LogP contribution >= 0.6 is 0 Å². The van der Waals surface area contributed by atoms with E-state index in [-0.39, 0.29) is 37.0 Å². The zero-order valence-electron chi connectivity index (χ0n) is 26.9. The minimum Gasteiger partial charge on any atom is -0.488 e. The Kier molecular flexibility index (Phi) is 11.1. The minimum atomic E-state index is -0.504. The molecule has 5 rings (SSSR count). The Balaban J connectivity index is 1.30. The number of urea groups is 1. The molecule has 3 atom stereocenters. The van der Waals surface area contributed by atoms with Gasteiger partial charge in [0.2, 0.25) is 5.91 Å². The van der Waals surface area contributed by atoms with Gasteiger partial charge in [0.25, 0.3) is 0 Å². The molecule has 0 bridgehead atoms. The van der Waals surface area contributed by atoms with Crippen molar-refractivity contribution in [3.05, 3.63) is 114 Å². The summed E-state index contributed by atoms with van der Waals surface area (Å²) in [5, 5.41) is 15.4. The first-order valence-electron chi connectivity index (χ1n) is 15.7. The topological polar surface area (TPSA) is 103 Å². The van der Waals surface area contributed by atoms with Gasteiger partial charge in [0.05, 0.1) is 19.1 Å². The van der Waals surface area contributed by atoms with Crippen LogP contribution in [0.1, 0.15) is 25.0 Å². The monoisotopic (exact) mass is 640 g/mol. The third-order valence-corrected chi connectivity index (χ3v) is 8.12. The molecule has 0 aliphatic carbocycles. The summed E-state index contributed by atoms with van der Waals surface area (Å²) in [6.07, 6.45) is -0.235. The number of rotatable bonds is 10. The molecule has 1 aliphatic heterocycles. The van der Waals surface area contributed by atoms with Crippen molar-refractivity contribution in [2.24, 2.45) is 5.92 Å². The van der Waals surface area contributed by atoms with Crippen LogP contribution < -0.4 is 20.1 Å². The molecule has 9 nitrogen and oxygen atoms in total. The standard InChI is InChI=1S/C37H41FN4O5/c1-25-21-42(26(2)24-43)36(44)20-28-19-31(40-37(45)39-30-13-11-29(38)12-14-30)15-18-34(28)47-35(25)23-41(3)22-27-9-16-33(17-10-27)46-32-7-5-4-6-8-32/h4-19,25-26,35,43H,20-24H2,1-3H3,(H2,39,40,45)/t25-,26+,35+/m0/s1. The number of carbonyl (C=O) groups is 2. The average Bonchev–Trinajstić information content (AvgIpc) is 3.10. The molecule has 0 radical (unpaired) electrons. The highest BCUT2D eigenvalue weighted by molar-refractivity contribution is 6.00. The second kappa shape index (κ2) is 15.6. The van der Waals surface area contributed by atoms with E-state index in [0.717, 1.165) is 17.1 Å². The Morgan fingerprint density at radius 2 is 1.66 bits per heavy atom. The van der Waals surface area contributed by atoms with E-state index in [1.165, 1.54) is 24.3 Å². The molecule has 4 aromatic carbocycles. The molecular formula is C37H41FN4O5. The average molecular weight is 641 g/mol. The second-order valence-corrected chi connectivity index (χ2v) is 12.1. The number of aliphatic hydroxyl groups is 1. The lowest BCUT2D eigenvalue weighted by Crippen LogP contribution is -2.47. The molecule has 3 amide bonds. The summed E-state index contributed by atoms with van der Waals surface area (Å²) >= 11 is 0. The van der Waals surface area contributed by atoms with Crippen LogP contribution in [0, 0.1) is 11.7 Å². The Hall–Kier alpha value is -4.93. The van der Waals surface area contributed by atoms with Gasteiger partial charge in [-0.2, -0.15) is 0 Å². The maximum atomic E-state index is 13.6. The van der Waals surface area contributed by atoms with Crippen LogP contribution in [0.2, 0.25) is 0 Å². The van der Waals surface area contributed by atoms with Gasteiger partial charge in [-0.25, -0.2) is 9.18 Å². The lowest BCUT2D eigenvalue weighted by atomic mass is 10.0. The van der Waals surface area contributed by atoms with Crippen molar-refractivity contribution < 1.29 is 28.6 Å². The largest absolute Gasteiger partial charge is 0.488 e. The summed E-state index contributed by atoms with van der Waals surface area (Å²) in [5.74, 6) is 1.52. The first-order chi connectivity index (χ1) is 22.7. The summed E-state index contributed by atoms with van der Waals surface area (Å²) < 4.78 is 25.8. The molecule has 0 unspecified atom stereocenters. The fraction of sp³-hybridized carbons (Fsp3) is 0.297. The van der Waals surface area contributed by atoms with Gasteiger partial charge in [-0.05, 0) is 86.3 Å². The second-order valence-electron chi connectivity index (χ2n) is 12.1. The number of aliphatic hydroxyl groups excluding tert-OH is 1. The lowest BCUT2D eigenvalue weighted by molar-refractivity contribution is -0.134. The first kappa shape index (κ1) is 33.4. The number of amides is 3. The van der Waals surface area contributed by atoms with Crippen molar-refractivity contribution in [2.75, 3.05) is 37.4 Å². The van der Waals surface area contributed by atoms with Crippen LogP contribution in [0.3, 0.4) is 0 Å². The maximum absolute atomic E-state index is 13.6. The number of anilines is 2. The first-order valence-corrected chi connectivity index (χ1v) is 15.7. The van der Waals surface area contributed by atoms with Gasteiger partial charge in [-0.1, -0.05) is 37.3 Å². The lowest BCUT2D eigenvalue weighted by Gasteiger charge is -2.34. The number of likely N-dealkylation sites (N-methyl/N-ethyl adjacent to an activating group) is 1. The Morgan fingerprint density at radius 3 is 2.36 bits per heavy atom. The Morgan fingerprint density at radius 1 is 1.00 bits per heavy atom. The van der Waals surface area contributed by atoms with Gasteiger partial charge in [-0.15, -0.1) is 0 Å². The molecule has 0 saturated carbocycles. The van der Waals surface area contributed by atoms with E-state index in [1.807, 2.05) is 68.6 Å². The van der Waals surface area contributed by atoms with Crippen molar-refractivity contribution in [2.45, 2.75) is 39.0 Å². The minimum absolute atomic E-state index is 0.0431. The molecule has 10 heteroatoms. The number of nitrogens with zero attached hydrogens (tertiary/aromatic N) is 2. The van der Waals surface area contributed by atoms with Gasteiger partial charge in [0, 0.05) is 42.5 Å². The highest BCUT2D eigenvalue weighted by Gasteiger charge is 2.31. The van der Waals surface area contributed by atoms with Crippen molar-refractivity contribution in [1.82, 2.24) is 9.80 Å². The van der Waals surface area contributed by atoms with Crippen LogP contribution in [0.5, 0.6) is 17.2 Å². The summed E-state index contributed by atoms with van der Waals surface area (Å²) in [6.45, 7) is 5.40. The number of para-hydroxylation sites is 1. The zero-order chi connectivity index (χ0) is 33.3. The predicted molar refractivity (Wildman–Crippen MR) is 180 cm³/mol. The molecule has 4 aromatic rings. The molecule has 0 aromatic heterocycles. The molecule has 0 spiro atoms. The van der Waals surface area contributed by atoms with Gasteiger partial charge in [0.15, 0.2) is 0 Å². The number of hydrogen-bond acceptors (Lipinski definition) is 6. The van der Waals surface area contributed by atoms with E-state index in [9.17, 15) is 19.1 Å². The quantitative estimate of drug-likeness (QED) is 0.182. The molecule has 246 valence electrons.